The third-order valence-electron chi connectivity index (χ3n) is 0.686. The molecule has 49 valence electrons. The molecule has 1 aromatic rings. The van der Waals surface area contributed by atoms with Gasteiger partial charge in [-0.25, -0.2) is 0 Å². The van der Waals surface area contributed by atoms with Gasteiger partial charge in [0.25, 0.3) is 0 Å². The molecule has 1 aromatic heterocycles. The van der Waals surface area contributed by atoms with Gasteiger partial charge in [0.15, 0.2) is 0 Å². The molecule has 0 aromatic carbocycles. The van der Waals surface area contributed by atoms with Crippen LogP contribution in [-0.4, -0.2) is 4.98 Å². The number of rotatable bonds is 0. The molecule has 9 heavy (non-hydrogen) atoms. The second-order valence-electron chi connectivity index (χ2n) is 1.29. The summed E-state index contributed by atoms with van der Waals surface area (Å²) in [6, 6.07) is 1.97. The van der Waals surface area contributed by atoms with Crippen LogP contribution >= 0.6 is 0 Å². The molecule has 0 saturated carbocycles. The fraction of sp³-hybridized carbons (Fsp3) is 0.200. The summed E-state index contributed by atoms with van der Waals surface area (Å²) in [5.74, 6) is 0. The largest absolute Gasteiger partial charge is 3.00 e. The first kappa shape index (κ1) is 16.4. The zero-order valence-electron chi connectivity index (χ0n) is 4.91. The second-order valence-corrected chi connectivity index (χ2v) is 1.29. The van der Waals surface area contributed by atoms with Crippen molar-refractivity contribution in [1.29, 1.82) is 0 Å². The molecule has 1 rings (SSSR count). The normalized spacial score (nSPS) is 5.89. The van der Waals surface area contributed by atoms with Crippen LogP contribution < -0.4 is 24.8 Å². The van der Waals surface area contributed by atoms with Crippen LogP contribution in [0.25, 0.3) is 0 Å². The van der Waals surface area contributed by atoms with E-state index in [4.69, 9.17) is 0 Å². The van der Waals surface area contributed by atoms with E-state index in [2.05, 4.69) is 11.2 Å². The monoisotopic (exact) mass is 240 g/mol. The van der Waals surface area contributed by atoms with Crippen LogP contribution in [0.5, 0.6) is 0 Å². The molecule has 1 radical (unpaired) electrons. The summed E-state index contributed by atoms with van der Waals surface area (Å²) in [7, 11) is 0. The number of nitrogens with one attached hydrogen (secondary N) is 1. The molecule has 0 bridgehead atoms. The maximum absolute atomic E-state index is 2.88. The molecule has 1 N–H and O–H groups in total. The van der Waals surface area contributed by atoms with E-state index in [0.717, 1.165) is 5.56 Å². The van der Waals surface area contributed by atoms with Gasteiger partial charge in [-0.15, -0.1) is 6.20 Å². The first-order valence-electron chi connectivity index (χ1n) is 1.91. The summed E-state index contributed by atoms with van der Waals surface area (Å²) in [6.45, 7) is 2.00. The zero-order valence-corrected chi connectivity index (χ0v) is 8.88. The van der Waals surface area contributed by atoms with E-state index < -0.39 is 0 Å². The maximum Gasteiger partial charge on any atom is 3.00 e. The van der Waals surface area contributed by atoms with Gasteiger partial charge in [0.05, 0.1) is 0 Å². The Morgan fingerprint density at radius 3 is 2.11 bits per heavy atom. The van der Waals surface area contributed by atoms with Crippen molar-refractivity contribution in [3.8, 4) is 0 Å². The third-order valence-corrected chi connectivity index (χ3v) is 0.686. The molecule has 0 unspecified atom stereocenters. The van der Waals surface area contributed by atoms with E-state index in [1.165, 1.54) is 0 Å². The van der Waals surface area contributed by atoms with E-state index in [1.54, 1.807) is 0 Å². The van der Waals surface area contributed by atoms with Crippen molar-refractivity contribution in [1.82, 2.24) is 4.98 Å². The Morgan fingerprint density at radius 1 is 1.44 bits per heavy atom. The molecular weight excluding hydrogens is 236 g/mol. The van der Waals surface area contributed by atoms with Crippen LogP contribution in [0.3, 0.4) is 0 Å². The minimum atomic E-state index is 0. The van der Waals surface area contributed by atoms with Gasteiger partial charge in [-0.2, -0.15) is 17.8 Å². The molecule has 0 saturated heterocycles. The Bertz CT molecular complexity index is 119. The number of halogens is 2. The predicted octanol–water partition coefficient (Wildman–Crippen LogP) is -4.87. The average molecular weight is 242 g/mol. The average Bonchev–Trinajstić information content (AvgIpc) is 1.86. The fourth-order valence-corrected chi connectivity index (χ4v) is 0.364. The van der Waals surface area contributed by atoms with Crippen molar-refractivity contribution in [3.63, 3.8) is 0 Å². The molecular formula is C5H6Cl2NZr. The molecule has 0 aliphatic heterocycles. The van der Waals surface area contributed by atoms with Gasteiger partial charge < -0.3 is 29.8 Å². The van der Waals surface area contributed by atoms with Gasteiger partial charge in [0.1, 0.15) is 0 Å². The molecule has 1 heterocycles. The summed E-state index contributed by atoms with van der Waals surface area (Å²) in [4.78, 5) is 2.80. The number of hydrogen-bond donors (Lipinski definition) is 1. The summed E-state index contributed by atoms with van der Waals surface area (Å²) in [5.41, 5.74) is 1.16. The third kappa shape index (κ3) is 6.63. The van der Waals surface area contributed by atoms with Gasteiger partial charge in [0.2, 0.25) is 0 Å². The van der Waals surface area contributed by atoms with E-state index in [0.29, 0.717) is 0 Å². The standard InChI is InChI=1S/C5H6N.2ClH.Zr/c1-5-2-3-6-4-5;;;/h2-3,6H,1H3;2*1H;/q-1;;;+3/p-2. The van der Waals surface area contributed by atoms with Crippen LogP contribution in [0, 0.1) is 13.1 Å². The van der Waals surface area contributed by atoms with Crippen molar-refractivity contribution in [2.45, 2.75) is 6.92 Å². The number of aryl methyl sites for hydroxylation is 1. The minimum absolute atomic E-state index is 0. The van der Waals surface area contributed by atoms with Crippen molar-refractivity contribution < 1.29 is 51.0 Å². The van der Waals surface area contributed by atoms with E-state index in [1.807, 2.05) is 19.2 Å². The van der Waals surface area contributed by atoms with Crippen molar-refractivity contribution >= 4 is 0 Å². The van der Waals surface area contributed by atoms with Crippen LogP contribution in [0.4, 0.5) is 0 Å². The molecule has 0 amide bonds. The number of H-pyrrole nitrogens is 1. The van der Waals surface area contributed by atoms with Crippen molar-refractivity contribution in [2.24, 2.45) is 0 Å². The number of hydrogen-bond acceptors (Lipinski definition) is 0. The van der Waals surface area contributed by atoms with E-state index in [-0.39, 0.29) is 51.0 Å². The molecule has 1 nitrogen and oxygen atoms in total. The van der Waals surface area contributed by atoms with Gasteiger partial charge in [0, 0.05) is 0 Å². The molecule has 0 fully saturated rings. The van der Waals surface area contributed by atoms with Gasteiger partial charge >= 0.3 is 26.2 Å². The first-order chi connectivity index (χ1) is 2.89. The van der Waals surface area contributed by atoms with Crippen LogP contribution in [0.1, 0.15) is 5.56 Å². The fourth-order valence-electron chi connectivity index (χ4n) is 0.364. The van der Waals surface area contributed by atoms with Crippen molar-refractivity contribution in [2.75, 3.05) is 0 Å². The molecule has 0 aliphatic carbocycles. The summed E-state index contributed by atoms with van der Waals surface area (Å²) >= 11 is 0. The van der Waals surface area contributed by atoms with Gasteiger partial charge in [-0.05, 0) is 0 Å². The second kappa shape index (κ2) is 8.74. The van der Waals surface area contributed by atoms with Crippen LogP contribution in [0.2, 0.25) is 0 Å². The summed E-state index contributed by atoms with van der Waals surface area (Å²) in [5, 5.41) is 0. The first-order valence-corrected chi connectivity index (χ1v) is 1.91. The molecule has 0 spiro atoms. The number of aromatic nitrogens is 1. The predicted molar refractivity (Wildman–Crippen MR) is 24.4 cm³/mol. The Balaban J connectivity index is -0.000000120. The quantitative estimate of drug-likeness (QED) is 0.439. The van der Waals surface area contributed by atoms with Crippen molar-refractivity contribution in [3.05, 3.63) is 24.0 Å². The van der Waals surface area contributed by atoms with Crippen LogP contribution in [-0.2, 0) is 26.2 Å². The maximum atomic E-state index is 2.88. The Kier molecular flexibility index (Phi) is 15.9. The molecule has 0 atom stereocenters. The smallest absolute Gasteiger partial charge is 1.00 e. The van der Waals surface area contributed by atoms with Gasteiger partial charge in [-0.3, -0.25) is 0 Å². The SMILES string of the molecule is Cc1[c-][nH]cc1.[Cl-].[Cl-].[Zr+3]. The Hall–Kier alpha value is 0.743. The molecule has 4 heteroatoms. The Morgan fingerprint density at radius 2 is 2.00 bits per heavy atom. The summed E-state index contributed by atoms with van der Waals surface area (Å²) < 4.78 is 0. The van der Waals surface area contributed by atoms with E-state index in [9.17, 15) is 0 Å². The topological polar surface area (TPSA) is 15.8 Å². The minimum Gasteiger partial charge on any atom is -1.00 e. The zero-order chi connectivity index (χ0) is 4.41. The van der Waals surface area contributed by atoms with E-state index >= 15 is 0 Å². The Labute approximate surface area is 86.6 Å². The van der Waals surface area contributed by atoms with Crippen LogP contribution in [0.15, 0.2) is 12.3 Å². The number of aromatic amines is 1. The van der Waals surface area contributed by atoms with Gasteiger partial charge in [-0.1, -0.05) is 6.92 Å². The molecule has 0 aliphatic rings. The summed E-state index contributed by atoms with van der Waals surface area (Å²) in [6.07, 6.45) is 4.73.